The van der Waals surface area contributed by atoms with Crippen molar-refractivity contribution in [3.63, 3.8) is 0 Å². The maximum atomic E-state index is 10.7. The van der Waals surface area contributed by atoms with Gasteiger partial charge in [-0.2, -0.15) is 4.99 Å². The molecule has 1 rings (SSSR count). The maximum Gasteiger partial charge on any atom is 0.221 e. The summed E-state index contributed by atoms with van der Waals surface area (Å²) < 4.78 is 0. The number of hydrogen-bond acceptors (Lipinski definition) is 3. The standard InChI is InChI=1S/C9H8N2OS/c10-9(12)5-7-3-1-2-4-8(7)11-6-13/h1-4H,5H2,(H2,10,12). The van der Waals surface area contributed by atoms with Crippen molar-refractivity contribution in [2.45, 2.75) is 6.42 Å². The van der Waals surface area contributed by atoms with Gasteiger partial charge in [0, 0.05) is 0 Å². The number of hydrogen-bond donors (Lipinski definition) is 1. The summed E-state index contributed by atoms with van der Waals surface area (Å²) in [4.78, 5) is 14.5. The van der Waals surface area contributed by atoms with Crippen LogP contribution in [-0.4, -0.2) is 11.1 Å². The molecule has 66 valence electrons. The van der Waals surface area contributed by atoms with E-state index in [-0.39, 0.29) is 12.3 Å². The van der Waals surface area contributed by atoms with Crippen LogP contribution >= 0.6 is 12.2 Å². The third kappa shape index (κ3) is 2.78. The number of benzene rings is 1. The zero-order chi connectivity index (χ0) is 9.68. The summed E-state index contributed by atoms with van der Waals surface area (Å²) in [6.07, 6.45) is 0.177. The molecule has 0 bridgehead atoms. The Labute approximate surface area is 81.3 Å². The highest BCUT2D eigenvalue weighted by Crippen LogP contribution is 2.17. The number of carbonyl (C=O) groups is 1. The molecule has 0 fully saturated rings. The van der Waals surface area contributed by atoms with Gasteiger partial charge in [0.1, 0.15) is 0 Å². The van der Waals surface area contributed by atoms with Crippen molar-refractivity contribution in [1.82, 2.24) is 0 Å². The normalized spacial score (nSPS) is 8.92. The molecule has 0 saturated carbocycles. The number of thiocarbonyl (C=S) groups is 1. The Morgan fingerprint density at radius 3 is 2.85 bits per heavy atom. The van der Waals surface area contributed by atoms with Crippen molar-refractivity contribution in [2.75, 3.05) is 0 Å². The van der Waals surface area contributed by atoms with E-state index in [0.29, 0.717) is 5.69 Å². The van der Waals surface area contributed by atoms with Gasteiger partial charge >= 0.3 is 0 Å². The fourth-order valence-electron chi connectivity index (χ4n) is 1.01. The molecule has 0 unspecified atom stereocenters. The molecule has 0 heterocycles. The van der Waals surface area contributed by atoms with Crippen LogP contribution in [0.3, 0.4) is 0 Å². The van der Waals surface area contributed by atoms with Crippen molar-refractivity contribution < 1.29 is 4.79 Å². The monoisotopic (exact) mass is 192 g/mol. The zero-order valence-electron chi connectivity index (χ0n) is 6.86. The Morgan fingerprint density at radius 1 is 1.54 bits per heavy atom. The van der Waals surface area contributed by atoms with E-state index in [2.05, 4.69) is 22.4 Å². The molecule has 0 aromatic heterocycles. The van der Waals surface area contributed by atoms with Gasteiger partial charge in [0.15, 0.2) is 0 Å². The highest BCUT2D eigenvalue weighted by Gasteiger charge is 2.02. The second-order valence-corrected chi connectivity index (χ2v) is 2.66. The minimum Gasteiger partial charge on any atom is -0.369 e. The quantitative estimate of drug-likeness (QED) is 0.582. The molecule has 0 saturated heterocycles. The fraction of sp³-hybridized carbons (Fsp3) is 0.111. The first kappa shape index (κ1) is 9.58. The summed E-state index contributed by atoms with van der Waals surface area (Å²) in [7, 11) is 0. The smallest absolute Gasteiger partial charge is 0.221 e. The molecule has 0 aliphatic heterocycles. The molecule has 3 nitrogen and oxygen atoms in total. The van der Waals surface area contributed by atoms with Crippen LogP contribution in [0.4, 0.5) is 5.69 Å². The minimum absolute atomic E-state index is 0.177. The van der Waals surface area contributed by atoms with Crippen molar-refractivity contribution in [3.05, 3.63) is 29.8 Å². The van der Waals surface area contributed by atoms with Crippen LogP contribution < -0.4 is 5.73 Å². The lowest BCUT2D eigenvalue weighted by Crippen LogP contribution is -2.13. The Hall–Kier alpha value is -1.51. The number of rotatable bonds is 3. The van der Waals surface area contributed by atoms with E-state index < -0.39 is 0 Å². The first-order valence-electron chi connectivity index (χ1n) is 3.68. The predicted octanol–water partition coefficient (Wildman–Crippen LogP) is 1.45. The van der Waals surface area contributed by atoms with E-state index in [4.69, 9.17) is 5.73 Å². The third-order valence-electron chi connectivity index (χ3n) is 1.52. The summed E-state index contributed by atoms with van der Waals surface area (Å²) in [5.74, 6) is -0.382. The molecule has 0 radical (unpaired) electrons. The highest BCUT2D eigenvalue weighted by atomic mass is 32.1. The Morgan fingerprint density at radius 2 is 2.23 bits per heavy atom. The molecule has 0 atom stereocenters. The molecule has 4 heteroatoms. The van der Waals surface area contributed by atoms with Crippen LogP contribution in [0.15, 0.2) is 29.3 Å². The third-order valence-corrected chi connectivity index (χ3v) is 1.61. The first-order chi connectivity index (χ1) is 6.24. The van der Waals surface area contributed by atoms with Crippen LogP contribution in [-0.2, 0) is 11.2 Å². The SMILES string of the molecule is NC(=O)Cc1ccccc1N=C=S. The van der Waals surface area contributed by atoms with Gasteiger partial charge in [-0.15, -0.1) is 0 Å². The van der Waals surface area contributed by atoms with Crippen LogP contribution in [0, 0.1) is 0 Å². The average molecular weight is 192 g/mol. The number of aliphatic imine (C=N–C) groups is 1. The van der Waals surface area contributed by atoms with Crippen molar-refractivity contribution in [2.24, 2.45) is 10.7 Å². The average Bonchev–Trinajstić information content (AvgIpc) is 2.08. The summed E-state index contributed by atoms with van der Waals surface area (Å²) in [5.41, 5.74) is 6.48. The minimum atomic E-state index is -0.382. The summed E-state index contributed by atoms with van der Waals surface area (Å²) in [6.45, 7) is 0. The predicted molar refractivity (Wildman–Crippen MR) is 54.0 cm³/mol. The van der Waals surface area contributed by atoms with Gasteiger partial charge in [-0.3, -0.25) is 4.79 Å². The van der Waals surface area contributed by atoms with Gasteiger partial charge in [-0.25, -0.2) is 0 Å². The van der Waals surface area contributed by atoms with E-state index >= 15 is 0 Å². The second kappa shape index (κ2) is 4.50. The van der Waals surface area contributed by atoms with E-state index in [1.165, 1.54) is 0 Å². The van der Waals surface area contributed by atoms with Gasteiger partial charge in [0.25, 0.3) is 0 Å². The summed E-state index contributed by atoms with van der Waals surface area (Å²) in [6, 6.07) is 7.19. The van der Waals surface area contributed by atoms with E-state index in [1.807, 2.05) is 12.1 Å². The molecule has 2 N–H and O–H groups in total. The van der Waals surface area contributed by atoms with E-state index in [1.54, 1.807) is 12.1 Å². The van der Waals surface area contributed by atoms with Gasteiger partial charge < -0.3 is 5.73 Å². The summed E-state index contributed by atoms with van der Waals surface area (Å²) in [5, 5.41) is 2.25. The number of nitrogens with zero attached hydrogens (tertiary/aromatic N) is 1. The van der Waals surface area contributed by atoms with Crippen LogP contribution in [0.25, 0.3) is 0 Å². The molecular formula is C9H8N2OS. The zero-order valence-corrected chi connectivity index (χ0v) is 7.67. The highest BCUT2D eigenvalue weighted by molar-refractivity contribution is 7.78. The number of amides is 1. The summed E-state index contributed by atoms with van der Waals surface area (Å²) >= 11 is 4.47. The van der Waals surface area contributed by atoms with E-state index in [0.717, 1.165) is 5.56 Å². The lowest BCUT2D eigenvalue weighted by atomic mass is 10.1. The maximum absolute atomic E-state index is 10.7. The molecule has 1 aromatic carbocycles. The first-order valence-corrected chi connectivity index (χ1v) is 4.09. The van der Waals surface area contributed by atoms with Crippen LogP contribution in [0.1, 0.15) is 5.56 Å². The molecule has 0 aliphatic carbocycles. The lowest BCUT2D eigenvalue weighted by Gasteiger charge is -2.00. The second-order valence-electron chi connectivity index (χ2n) is 2.47. The fourth-order valence-corrected chi connectivity index (χ4v) is 1.10. The number of carbonyl (C=O) groups excluding carboxylic acids is 1. The van der Waals surface area contributed by atoms with Gasteiger partial charge in [-0.05, 0) is 23.8 Å². The lowest BCUT2D eigenvalue weighted by molar-refractivity contribution is -0.117. The largest absolute Gasteiger partial charge is 0.369 e. The van der Waals surface area contributed by atoms with Gasteiger partial charge in [0.2, 0.25) is 5.91 Å². The molecule has 0 spiro atoms. The Balaban J connectivity index is 3.04. The Bertz CT molecular complexity index is 370. The van der Waals surface area contributed by atoms with Crippen molar-refractivity contribution in [3.8, 4) is 0 Å². The number of primary amides is 1. The van der Waals surface area contributed by atoms with Gasteiger partial charge in [0.05, 0.1) is 17.3 Å². The van der Waals surface area contributed by atoms with Crippen molar-refractivity contribution >= 4 is 29.0 Å². The Kier molecular flexibility index (Phi) is 3.31. The number of nitrogens with two attached hydrogens (primary N) is 1. The number of isothiocyanates is 1. The van der Waals surface area contributed by atoms with E-state index in [9.17, 15) is 4.79 Å². The molecule has 13 heavy (non-hydrogen) atoms. The molecular weight excluding hydrogens is 184 g/mol. The van der Waals surface area contributed by atoms with Crippen molar-refractivity contribution in [1.29, 1.82) is 0 Å². The van der Waals surface area contributed by atoms with Crippen LogP contribution in [0.5, 0.6) is 0 Å². The van der Waals surface area contributed by atoms with Crippen LogP contribution in [0.2, 0.25) is 0 Å². The topological polar surface area (TPSA) is 55.5 Å². The molecule has 1 aromatic rings. The molecule has 1 amide bonds. The number of para-hydroxylation sites is 1. The molecule has 0 aliphatic rings. The van der Waals surface area contributed by atoms with Gasteiger partial charge in [-0.1, -0.05) is 18.2 Å².